The number of carboxylic acid groups (broad SMARTS) is 1. The van der Waals surface area contributed by atoms with Crippen LogP contribution in [0.1, 0.15) is 94.2 Å². The minimum Gasteiger partial charge on any atom is -0.478 e. The van der Waals surface area contributed by atoms with Gasteiger partial charge < -0.3 is 14.0 Å². The molecule has 38 heavy (non-hydrogen) atoms. The molecule has 0 radical (unpaired) electrons. The van der Waals surface area contributed by atoms with Crippen LogP contribution in [0.5, 0.6) is 0 Å². The van der Waals surface area contributed by atoms with Crippen molar-refractivity contribution < 1.29 is 18.8 Å². The van der Waals surface area contributed by atoms with E-state index in [2.05, 4.69) is 97.4 Å². The second-order valence-electron chi connectivity index (χ2n) is 13.0. The number of thiophene rings is 1. The van der Waals surface area contributed by atoms with Crippen molar-refractivity contribution in [1.29, 1.82) is 0 Å². The van der Waals surface area contributed by atoms with Crippen molar-refractivity contribution in [2.45, 2.75) is 106 Å². The van der Waals surface area contributed by atoms with E-state index < -0.39 is 24.0 Å². The summed E-state index contributed by atoms with van der Waals surface area (Å²) in [5.41, 5.74) is 5.89. The van der Waals surface area contributed by atoms with Crippen LogP contribution in [0.2, 0.25) is 26.2 Å². The highest BCUT2D eigenvalue weighted by Gasteiger charge is 2.35. The van der Waals surface area contributed by atoms with Gasteiger partial charge in [0, 0.05) is 11.0 Å². The average Bonchev–Trinajstić information content (AvgIpc) is 3.25. The molecule has 0 aliphatic rings. The summed E-state index contributed by atoms with van der Waals surface area (Å²) < 4.78 is 13.4. The highest BCUT2D eigenvalue weighted by atomic mass is 32.1. The van der Waals surface area contributed by atoms with E-state index in [0.29, 0.717) is 6.42 Å². The van der Waals surface area contributed by atoms with Crippen molar-refractivity contribution in [2.75, 3.05) is 0 Å². The van der Waals surface area contributed by atoms with Crippen molar-refractivity contribution in [2.24, 2.45) is 10.8 Å². The number of rotatable bonds is 12. The summed E-state index contributed by atoms with van der Waals surface area (Å²) in [7, 11) is -2.58. The molecule has 0 fully saturated rings. The van der Waals surface area contributed by atoms with Crippen molar-refractivity contribution in [3.63, 3.8) is 0 Å². The van der Waals surface area contributed by atoms with Crippen molar-refractivity contribution in [1.82, 2.24) is 0 Å². The van der Waals surface area contributed by atoms with Gasteiger partial charge in [0.25, 0.3) is 0 Å². The van der Waals surface area contributed by atoms with Gasteiger partial charge in [0.2, 0.25) is 0 Å². The van der Waals surface area contributed by atoms with Gasteiger partial charge in [0.1, 0.15) is 0 Å². The summed E-state index contributed by atoms with van der Waals surface area (Å²) in [6.07, 6.45) is 3.90. The topological polar surface area (TPSA) is 55.8 Å². The Hall–Kier alpha value is -1.52. The van der Waals surface area contributed by atoms with E-state index in [1.807, 2.05) is 6.92 Å². The van der Waals surface area contributed by atoms with Gasteiger partial charge in [-0.3, -0.25) is 0 Å². The quantitative estimate of drug-likeness (QED) is 0.204. The first-order valence-corrected chi connectivity index (χ1v) is 20.4. The molecule has 1 heterocycles. The normalized spacial score (nSPS) is 14.8. The molecule has 2 rings (SSSR count). The van der Waals surface area contributed by atoms with Crippen LogP contribution in [0.25, 0.3) is 5.57 Å². The number of aliphatic carboxylic acids is 1. The average molecular weight is 575 g/mol. The number of carboxylic acids is 1. The van der Waals surface area contributed by atoms with Crippen LogP contribution in [0.4, 0.5) is 0 Å². The Balaban J connectivity index is 2.49. The number of aryl methyl sites for hydroxylation is 2. The molecule has 2 atom stereocenters. The highest BCUT2D eigenvalue weighted by Crippen LogP contribution is 2.45. The molecule has 0 saturated carbocycles. The Bertz CT molecular complexity index is 1090. The lowest BCUT2D eigenvalue weighted by atomic mass is 9.77. The zero-order chi connectivity index (χ0) is 28.8. The highest BCUT2D eigenvalue weighted by molar-refractivity contribution is 7.11. The first-order chi connectivity index (χ1) is 17.5. The number of hydrogen-bond donors (Lipinski definition) is 1. The molecule has 2 aromatic rings. The van der Waals surface area contributed by atoms with Gasteiger partial charge in [-0.15, -0.1) is 11.3 Å². The van der Waals surface area contributed by atoms with Crippen molar-refractivity contribution in [3.8, 4) is 0 Å². The maximum Gasteiger partial charge on any atom is 0.328 e. The van der Waals surface area contributed by atoms with Gasteiger partial charge in [-0.2, -0.15) is 0 Å². The van der Waals surface area contributed by atoms with Crippen LogP contribution >= 0.6 is 11.3 Å². The zero-order valence-electron chi connectivity index (χ0n) is 25.5. The molecular weight excluding hydrogens is 525 g/mol. The smallest absolute Gasteiger partial charge is 0.328 e. The SMILES string of the molecule is CCC(=CC(=O)O)c1cc(CCc2ccc(C(O[SiH](C)C)C(C)(C)C)c(C(O[SiH](C)C)C(C)(C)C)c2)cs1. The molecule has 1 aromatic carbocycles. The molecule has 0 aliphatic carbocycles. The van der Waals surface area contributed by atoms with Gasteiger partial charge >= 0.3 is 5.97 Å². The zero-order valence-corrected chi connectivity index (χ0v) is 28.6. The van der Waals surface area contributed by atoms with E-state index in [4.69, 9.17) is 8.85 Å². The summed E-state index contributed by atoms with van der Waals surface area (Å²) in [5.74, 6) is -0.887. The Morgan fingerprint density at radius 2 is 1.42 bits per heavy atom. The summed E-state index contributed by atoms with van der Waals surface area (Å²) in [5, 5.41) is 11.4. The minimum absolute atomic E-state index is 0.00686. The second kappa shape index (κ2) is 13.7. The van der Waals surface area contributed by atoms with E-state index >= 15 is 0 Å². The Labute approximate surface area is 238 Å². The molecule has 0 saturated heterocycles. The molecule has 2 unspecified atom stereocenters. The van der Waals surface area contributed by atoms with Crippen LogP contribution in [0, 0.1) is 10.8 Å². The minimum atomic E-state index is -1.30. The van der Waals surface area contributed by atoms with Crippen LogP contribution in [-0.2, 0) is 26.5 Å². The third kappa shape index (κ3) is 9.59. The third-order valence-electron chi connectivity index (χ3n) is 6.46. The van der Waals surface area contributed by atoms with E-state index in [1.165, 1.54) is 28.3 Å². The van der Waals surface area contributed by atoms with Crippen molar-refractivity contribution >= 4 is 41.0 Å². The molecule has 212 valence electrons. The molecule has 1 N–H and O–H groups in total. The van der Waals surface area contributed by atoms with Gasteiger partial charge in [0.15, 0.2) is 18.1 Å². The molecule has 0 bridgehead atoms. The van der Waals surface area contributed by atoms with E-state index in [-0.39, 0.29) is 23.0 Å². The van der Waals surface area contributed by atoms with Crippen molar-refractivity contribution in [3.05, 3.63) is 62.9 Å². The summed E-state index contributed by atoms with van der Waals surface area (Å²) in [6, 6.07) is 9.09. The predicted molar refractivity (Wildman–Crippen MR) is 168 cm³/mol. The van der Waals surface area contributed by atoms with E-state index in [0.717, 1.165) is 23.3 Å². The fourth-order valence-electron chi connectivity index (χ4n) is 4.74. The number of carbonyl (C=O) groups is 1. The largest absolute Gasteiger partial charge is 0.478 e. The third-order valence-corrected chi connectivity index (χ3v) is 9.14. The van der Waals surface area contributed by atoms with Crippen LogP contribution in [0.15, 0.2) is 35.7 Å². The summed E-state index contributed by atoms with van der Waals surface area (Å²) in [6.45, 7) is 24.6. The van der Waals surface area contributed by atoms with Crippen LogP contribution < -0.4 is 0 Å². The number of hydrogen-bond acceptors (Lipinski definition) is 4. The summed E-state index contributed by atoms with van der Waals surface area (Å²) >= 11 is 1.63. The lowest BCUT2D eigenvalue weighted by Gasteiger charge is -2.39. The number of benzene rings is 1. The van der Waals surface area contributed by atoms with Crippen LogP contribution in [-0.4, -0.2) is 29.2 Å². The Morgan fingerprint density at radius 3 is 1.89 bits per heavy atom. The van der Waals surface area contributed by atoms with Gasteiger partial charge in [-0.25, -0.2) is 4.79 Å². The fourth-order valence-corrected chi connectivity index (χ4v) is 7.97. The van der Waals surface area contributed by atoms with E-state index in [1.54, 1.807) is 11.3 Å². The van der Waals surface area contributed by atoms with Gasteiger partial charge in [-0.1, -0.05) is 66.7 Å². The molecule has 0 spiro atoms. The van der Waals surface area contributed by atoms with Gasteiger partial charge in [0.05, 0.1) is 12.2 Å². The monoisotopic (exact) mass is 574 g/mol. The maximum absolute atomic E-state index is 11.2. The standard InChI is InChI=1S/C31H50O4SSi2/c1-12-23(19-27(32)33)26-18-22(20-36-26)14-13-21-15-16-24(28(30(2,3)4)34-37(8)9)25(17-21)29(31(5,6)7)35-38(10)11/h15-20,28-29,37-38H,12-14H2,1-11H3,(H,32,33). The first-order valence-electron chi connectivity index (χ1n) is 14.0. The summed E-state index contributed by atoms with van der Waals surface area (Å²) in [4.78, 5) is 12.2. The molecule has 1 aromatic heterocycles. The Kier molecular flexibility index (Phi) is 11.8. The molecule has 7 heteroatoms. The van der Waals surface area contributed by atoms with Gasteiger partial charge in [-0.05, 0) is 95.6 Å². The second-order valence-corrected chi connectivity index (χ2v) is 18.7. The molecular formula is C31H50O4SSi2. The Morgan fingerprint density at radius 1 is 0.895 bits per heavy atom. The molecule has 4 nitrogen and oxygen atoms in total. The molecule has 0 amide bonds. The molecule has 0 aliphatic heterocycles. The first kappa shape index (κ1) is 32.7. The lowest BCUT2D eigenvalue weighted by molar-refractivity contribution is -0.131. The van der Waals surface area contributed by atoms with Crippen LogP contribution in [0.3, 0.4) is 0 Å². The lowest BCUT2D eigenvalue weighted by Crippen LogP contribution is -2.31. The van der Waals surface area contributed by atoms with E-state index in [9.17, 15) is 9.90 Å². The number of allylic oxidation sites excluding steroid dienone is 1. The maximum atomic E-state index is 11.2. The fraction of sp³-hybridized carbons (Fsp3) is 0.581. The predicted octanol–water partition coefficient (Wildman–Crippen LogP) is 8.59.